The molecule has 0 fully saturated rings. The van der Waals surface area contributed by atoms with E-state index in [-0.39, 0.29) is 17.1 Å². The van der Waals surface area contributed by atoms with E-state index in [1.807, 2.05) is 0 Å². The first-order valence-electron chi connectivity index (χ1n) is 5.72. The van der Waals surface area contributed by atoms with Gasteiger partial charge < -0.3 is 14.2 Å². The average Bonchev–Trinajstić information content (AvgIpc) is 2.42. The maximum absolute atomic E-state index is 12.2. The SMILES string of the molecule is COc1cc(OC)c(C(=O)CCC(F)(F)F)c(OC)c1. The number of carbonyl (C=O) groups excluding carboxylic acids is 1. The molecule has 0 saturated carbocycles. The molecule has 20 heavy (non-hydrogen) atoms. The number of Topliss-reactive ketones (excluding diaryl/α,β-unsaturated/α-hetero) is 1. The van der Waals surface area contributed by atoms with Crippen LogP contribution in [0, 0.1) is 0 Å². The Labute approximate surface area is 114 Å². The predicted molar refractivity (Wildman–Crippen MR) is 65.7 cm³/mol. The van der Waals surface area contributed by atoms with Crippen molar-refractivity contribution in [2.75, 3.05) is 21.3 Å². The second-order valence-corrected chi connectivity index (χ2v) is 3.95. The van der Waals surface area contributed by atoms with Gasteiger partial charge in [-0.1, -0.05) is 0 Å². The summed E-state index contributed by atoms with van der Waals surface area (Å²) in [6.45, 7) is 0. The lowest BCUT2D eigenvalue weighted by Gasteiger charge is -2.14. The Bertz CT molecular complexity index is 458. The molecule has 7 heteroatoms. The first-order chi connectivity index (χ1) is 9.32. The third kappa shape index (κ3) is 4.04. The van der Waals surface area contributed by atoms with Crippen LogP contribution in [0.4, 0.5) is 13.2 Å². The number of rotatable bonds is 6. The first-order valence-corrected chi connectivity index (χ1v) is 5.72. The summed E-state index contributed by atoms with van der Waals surface area (Å²) in [6, 6.07) is 2.84. The molecule has 4 nitrogen and oxygen atoms in total. The second kappa shape index (κ2) is 6.49. The Balaban J connectivity index is 3.11. The molecular formula is C13H15F3O4. The Kier molecular flexibility index (Phi) is 5.24. The number of ether oxygens (including phenoxy) is 3. The molecule has 0 spiro atoms. The number of ketones is 1. The summed E-state index contributed by atoms with van der Waals surface area (Å²) in [6.07, 6.45) is -6.24. The quantitative estimate of drug-likeness (QED) is 0.755. The van der Waals surface area contributed by atoms with Gasteiger partial charge in [0.2, 0.25) is 0 Å². The van der Waals surface area contributed by atoms with E-state index in [0.717, 1.165) is 0 Å². The maximum Gasteiger partial charge on any atom is 0.389 e. The van der Waals surface area contributed by atoms with Crippen LogP contribution in [0.3, 0.4) is 0 Å². The van der Waals surface area contributed by atoms with E-state index < -0.39 is 24.8 Å². The Hall–Kier alpha value is -1.92. The third-order valence-electron chi connectivity index (χ3n) is 2.63. The minimum Gasteiger partial charge on any atom is -0.496 e. The number of carbonyl (C=O) groups is 1. The highest BCUT2D eigenvalue weighted by atomic mass is 19.4. The maximum atomic E-state index is 12.2. The third-order valence-corrected chi connectivity index (χ3v) is 2.63. The summed E-state index contributed by atoms with van der Waals surface area (Å²) in [5, 5.41) is 0. The Morgan fingerprint density at radius 1 is 1.05 bits per heavy atom. The van der Waals surface area contributed by atoms with Gasteiger partial charge in [0.25, 0.3) is 0 Å². The highest BCUT2D eigenvalue weighted by molar-refractivity contribution is 6.01. The van der Waals surface area contributed by atoms with Gasteiger partial charge in [0.05, 0.1) is 27.8 Å². The molecule has 1 aromatic carbocycles. The number of hydrogen-bond acceptors (Lipinski definition) is 4. The lowest BCUT2D eigenvalue weighted by Crippen LogP contribution is -2.12. The fourth-order valence-corrected chi connectivity index (χ4v) is 1.66. The lowest BCUT2D eigenvalue weighted by atomic mass is 10.0. The van der Waals surface area contributed by atoms with Gasteiger partial charge >= 0.3 is 6.18 Å². The van der Waals surface area contributed by atoms with Crippen molar-refractivity contribution in [1.29, 1.82) is 0 Å². The van der Waals surface area contributed by atoms with Crippen LogP contribution in [0.15, 0.2) is 12.1 Å². The van der Waals surface area contributed by atoms with Crippen molar-refractivity contribution < 1.29 is 32.2 Å². The fourth-order valence-electron chi connectivity index (χ4n) is 1.66. The van der Waals surface area contributed by atoms with Crippen molar-refractivity contribution in [1.82, 2.24) is 0 Å². The standard InChI is InChI=1S/C13H15F3O4/c1-18-8-6-10(19-2)12(11(7-8)20-3)9(17)4-5-13(14,15)16/h6-7H,4-5H2,1-3H3. The van der Waals surface area contributed by atoms with Gasteiger partial charge in [0, 0.05) is 18.6 Å². The van der Waals surface area contributed by atoms with Crippen molar-refractivity contribution in [2.24, 2.45) is 0 Å². The van der Waals surface area contributed by atoms with E-state index >= 15 is 0 Å². The van der Waals surface area contributed by atoms with Crippen LogP contribution < -0.4 is 14.2 Å². The molecule has 0 unspecified atom stereocenters. The van der Waals surface area contributed by atoms with E-state index in [1.165, 1.54) is 33.5 Å². The molecule has 0 aliphatic rings. The monoisotopic (exact) mass is 292 g/mol. The molecule has 1 rings (SSSR count). The van der Waals surface area contributed by atoms with Gasteiger partial charge in [-0.25, -0.2) is 0 Å². The number of alkyl halides is 3. The van der Waals surface area contributed by atoms with Crippen LogP contribution in [0.25, 0.3) is 0 Å². The molecule has 0 radical (unpaired) electrons. The highest BCUT2D eigenvalue weighted by Gasteiger charge is 2.30. The van der Waals surface area contributed by atoms with Gasteiger partial charge in [0.15, 0.2) is 5.78 Å². The summed E-state index contributed by atoms with van der Waals surface area (Å²) >= 11 is 0. The van der Waals surface area contributed by atoms with Crippen LogP contribution in [0.2, 0.25) is 0 Å². The van der Waals surface area contributed by atoms with Gasteiger partial charge in [-0.05, 0) is 0 Å². The summed E-state index contributed by atoms with van der Waals surface area (Å²) in [7, 11) is 4.04. The Morgan fingerprint density at radius 3 is 1.90 bits per heavy atom. The molecule has 112 valence electrons. The highest BCUT2D eigenvalue weighted by Crippen LogP contribution is 2.35. The minimum absolute atomic E-state index is 0.0138. The first kappa shape index (κ1) is 16.1. The second-order valence-electron chi connectivity index (χ2n) is 3.95. The van der Waals surface area contributed by atoms with Crippen LogP contribution in [0.1, 0.15) is 23.2 Å². The van der Waals surface area contributed by atoms with Crippen LogP contribution >= 0.6 is 0 Å². The van der Waals surface area contributed by atoms with Crippen molar-refractivity contribution in [3.63, 3.8) is 0 Å². The summed E-state index contributed by atoms with van der Waals surface area (Å²) in [4.78, 5) is 11.9. The molecule has 0 aliphatic carbocycles. The zero-order chi connectivity index (χ0) is 15.3. The topological polar surface area (TPSA) is 44.8 Å². The summed E-state index contributed by atoms with van der Waals surface area (Å²) in [5.41, 5.74) is -0.0138. The molecule has 0 N–H and O–H groups in total. The van der Waals surface area contributed by atoms with Gasteiger partial charge in [0.1, 0.15) is 22.8 Å². The van der Waals surface area contributed by atoms with Gasteiger partial charge in [-0.15, -0.1) is 0 Å². The predicted octanol–water partition coefficient (Wildman–Crippen LogP) is 3.24. The van der Waals surface area contributed by atoms with Gasteiger partial charge in [-0.3, -0.25) is 4.79 Å². The number of halogens is 3. The summed E-state index contributed by atoms with van der Waals surface area (Å²) in [5.74, 6) is -0.0773. The fraction of sp³-hybridized carbons (Fsp3) is 0.462. The van der Waals surface area contributed by atoms with E-state index in [4.69, 9.17) is 14.2 Å². The summed E-state index contributed by atoms with van der Waals surface area (Å²) < 4.78 is 51.6. The van der Waals surface area contributed by atoms with Crippen LogP contribution in [-0.2, 0) is 0 Å². The van der Waals surface area contributed by atoms with E-state index in [0.29, 0.717) is 5.75 Å². The molecule has 0 aliphatic heterocycles. The molecule has 0 amide bonds. The zero-order valence-electron chi connectivity index (χ0n) is 11.3. The van der Waals surface area contributed by atoms with Crippen LogP contribution in [0.5, 0.6) is 17.2 Å². The molecule has 0 saturated heterocycles. The van der Waals surface area contributed by atoms with E-state index in [1.54, 1.807) is 0 Å². The van der Waals surface area contributed by atoms with Crippen molar-refractivity contribution in [2.45, 2.75) is 19.0 Å². The van der Waals surface area contributed by atoms with Gasteiger partial charge in [-0.2, -0.15) is 13.2 Å². The van der Waals surface area contributed by atoms with Crippen molar-refractivity contribution in [3.05, 3.63) is 17.7 Å². The normalized spacial score (nSPS) is 11.1. The number of methoxy groups -OCH3 is 3. The zero-order valence-corrected chi connectivity index (χ0v) is 11.3. The molecule has 0 heterocycles. The van der Waals surface area contributed by atoms with Crippen molar-refractivity contribution >= 4 is 5.78 Å². The van der Waals surface area contributed by atoms with E-state index in [2.05, 4.69) is 0 Å². The largest absolute Gasteiger partial charge is 0.496 e. The molecular weight excluding hydrogens is 277 g/mol. The van der Waals surface area contributed by atoms with Crippen LogP contribution in [-0.4, -0.2) is 33.3 Å². The number of hydrogen-bond donors (Lipinski definition) is 0. The van der Waals surface area contributed by atoms with E-state index in [9.17, 15) is 18.0 Å². The number of benzene rings is 1. The Morgan fingerprint density at radius 2 is 1.55 bits per heavy atom. The average molecular weight is 292 g/mol. The lowest BCUT2D eigenvalue weighted by molar-refractivity contribution is -0.133. The van der Waals surface area contributed by atoms with Crippen molar-refractivity contribution in [3.8, 4) is 17.2 Å². The minimum atomic E-state index is -4.39. The molecule has 0 bridgehead atoms. The smallest absolute Gasteiger partial charge is 0.389 e. The molecule has 0 atom stereocenters. The molecule has 0 aromatic heterocycles. The molecule has 1 aromatic rings.